The molecule has 0 aromatic carbocycles. The number of ether oxygens (including phenoxy) is 2. The normalized spacial score (nSPS) is 13.9. The van der Waals surface area contributed by atoms with Crippen LogP contribution in [0.15, 0.2) is 134 Å². The Balaban J connectivity index is 3.69. The third kappa shape index (κ3) is 40.8. The number of esters is 1. The highest BCUT2D eigenvalue weighted by Gasteiger charge is 2.13. The summed E-state index contributed by atoms with van der Waals surface area (Å²) in [5.74, 6) is -0.277. The molecule has 1 N–H and O–H groups in total. The van der Waals surface area contributed by atoms with E-state index in [4.69, 9.17) is 9.47 Å². The second-order valence-electron chi connectivity index (χ2n) is 12.2. The van der Waals surface area contributed by atoms with Gasteiger partial charge < -0.3 is 14.6 Å². The van der Waals surface area contributed by atoms with Crippen molar-refractivity contribution in [3.63, 3.8) is 0 Å². The Hall–Kier alpha value is -3.47. The van der Waals surface area contributed by atoms with Crippen molar-refractivity contribution < 1.29 is 19.4 Å². The van der Waals surface area contributed by atoms with E-state index in [-0.39, 0.29) is 19.2 Å². The first kappa shape index (κ1) is 47.5. The van der Waals surface area contributed by atoms with Gasteiger partial charge in [0.05, 0.1) is 13.2 Å². The fourth-order valence-electron chi connectivity index (χ4n) is 4.60. The first-order valence-electron chi connectivity index (χ1n) is 19.8. The second-order valence-corrected chi connectivity index (χ2v) is 12.2. The van der Waals surface area contributed by atoms with Gasteiger partial charge in [0.25, 0.3) is 0 Å². The lowest BCUT2D eigenvalue weighted by molar-refractivity contribution is -0.154. The van der Waals surface area contributed by atoms with E-state index < -0.39 is 6.10 Å². The van der Waals surface area contributed by atoms with Crippen LogP contribution in [0.4, 0.5) is 0 Å². The largest absolute Gasteiger partial charge is 0.457 e. The number of aliphatic hydroxyl groups is 1. The molecule has 4 nitrogen and oxygen atoms in total. The molecule has 0 aliphatic heterocycles. The lowest BCUT2D eigenvalue weighted by Gasteiger charge is -2.15. The molecule has 1 unspecified atom stereocenters. The van der Waals surface area contributed by atoms with E-state index in [2.05, 4.69) is 148 Å². The molecule has 284 valence electrons. The number of allylic oxidation sites excluding steroid dienone is 22. The first-order valence-corrected chi connectivity index (χ1v) is 19.8. The van der Waals surface area contributed by atoms with Crippen LogP contribution in [0.3, 0.4) is 0 Å². The van der Waals surface area contributed by atoms with Gasteiger partial charge in [0, 0.05) is 13.0 Å². The molecule has 0 bridgehead atoms. The molecule has 0 amide bonds. The highest BCUT2D eigenvalue weighted by Crippen LogP contribution is 2.06. The van der Waals surface area contributed by atoms with Crippen LogP contribution in [0.2, 0.25) is 0 Å². The first-order chi connectivity index (χ1) is 25.2. The summed E-state index contributed by atoms with van der Waals surface area (Å²) in [6.07, 6.45) is 65.1. The maximum atomic E-state index is 12.2. The van der Waals surface area contributed by atoms with Crippen LogP contribution < -0.4 is 0 Å². The van der Waals surface area contributed by atoms with Crippen molar-refractivity contribution in [2.75, 3.05) is 19.8 Å². The van der Waals surface area contributed by atoms with E-state index in [1.807, 2.05) is 0 Å². The third-order valence-corrected chi connectivity index (χ3v) is 7.47. The third-order valence-electron chi connectivity index (χ3n) is 7.47. The predicted molar refractivity (Wildman–Crippen MR) is 223 cm³/mol. The van der Waals surface area contributed by atoms with Crippen molar-refractivity contribution in [1.82, 2.24) is 0 Å². The van der Waals surface area contributed by atoms with Crippen molar-refractivity contribution in [2.24, 2.45) is 0 Å². The molecule has 0 spiro atoms. The van der Waals surface area contributed by atoms with Gasteiger partial charge in [-0.25, -0.2) is 0 Å². The summed E-state index contributed by atoms with van der Waals surface area (Å²) in [5, 5.41) is 9.57. The summed E-state index contributed by atoms with van der Waals surface area (Å²) in [5.41, 5.74) is 0. The zero-order valence-corrected chi connectivity index (χ0v) is 32.3. The molecule has 0 heterocycles. The number of aliphatic hydroxyl groups excluding tert-OH is 1. The van der Waals surface area contributed by atoms with Gasteiger partial charge in [-0.1, -0.05) is 154 Å². The summed E-state index contributed by atoms with van der Waals surface area (Å²) < 4.78 is 11.1. The minimum atomic E-state index is -0.593. The number of carbonyl (C=O) groups is 1. The molecule has 0 radical (unpaired) electrons. The van der Waals surface area contributed by atoms with E-state index in [0.717, 1.165) is 109 Å². The molecule has 0 aliphatic rings. The van der Waals surface area contributed by atoms with Gasteiger partial charge in [-0.2, -0.15) is 0 Å². The summed E-state index contributed by atoms with van der Waals surface area (Å²) >= 11 is 0. The lowest BCUT2D eigenvalue weighted by atomic mass is 10.2. The van der Waals surface area contributed by atoms with Crippen molar-refractivity contribution in [3.8, 4) is 0 Å². The van der Waals surface area contributed by atoms with Crippen LogP contribution in [-0.2, 0) is 14.3 Å². The number of carbonyl (C=O) groups excluding carboxylic acids is 1. The molecule has 0 fully saturated rings. The molecule has 0 aliphatic carbocycles. The van der Waals surface area contributed by atoms with Crippen LogP contribution in [0.25, 0.3) is 0 Å². The van der Waals surface area contributed by atoms with Crippen molar-refractivity contribution in [1.29, 1.82) is 0 Å². The fourth-order valence-corrected chi connectivity index (χ4v) is 4.60. The number of unbranched alkanes of at least 4 members (excludes halogenated alkanes) is 4. The zero-order valence-electron chi connectivity index (χ0n) is 32.3. The lowest BCUT2D eigenvalue weighted by Crippen LogP contribution is -2.27. The van der Waals surface area contributed by atoms with Gasteiger partial charge in [0.2, 0.25) is 0 Å². The highest BCUT2D eigenvalue weighted by molar-refractivity contribution is 5.69. The summed E-state index contributed by atoms with van der Waals surface area (Å²) in [7, 11) is 0. The number of rotatable bonds is 34. The average molecular weight is 701 g/mol. The SMILES string of the molecule is CC/C=C\C/C=C\C/C=C\C/C=C\C/C=C\C/C=C\CCCCCOCC(CO)OC(=O)CCC/C=C\C/C=C\C/C=C\C/C=C\C/C=C\CC. The van der Waals surface area contributed by atoms with Crippen LogP contribution in [0, 0.1) is 0 Å². The Morgan fingerprint density at radius 3 is 1.20 bits per heavy atom. The number of hydrogen-bond donors (Lipinski definition) is 1. The quantitative estimate of drug-likeness (QED) is 0.0412. The second kappa shape index (κ2) is 42.7. The molecule has 0 rings (SSSR count). The van der Waals surface area contributed by atoms with Crippen LogP contribution in [0.5, 0.6) is 0 Å². The van der Waals surface area contributed by atoms with Gasteiger partial charge in [-0.05, 0) is 103 Å². The molecule has 51 heavy (non-hydrogen) atoms. The van der Waals surface area contributed by atoms with Crippen molar-refractivity contribution in [3.05, 3.63) is 134 Å². The van der Waals surface area contributed by atoms with Gasteiger partial charge in [-0.3, -0.25) is 4.79 Å². The summed E-state index contributed by atoms with van der Waals surface area (Å²) in [4.78, 5) is 12.2. The van der Waals surface area contributed by atoms with Crippen molar-refractivity contribution in [2.45, 2.75) is 136 Å². The van der Waals surface area contributed by atoms with E-state index in [1.165, 1.54) is 0 Å². The molecular formula is C47H72O4. The number of hydrogen-bond acceptors (Lipinski definition) is 4. The minimum absolute atomic E-state index is 0.219. The molecule has 0 saturated heterocycles. The zero-order chi connectivity index (χ0) is 37.0. The fraction of sp³-hybridized carbons (Fsp3) is 0.511. The average Bonchev–Trinajstić information content (AvgIpc) is 3.14. The molecule has 0 aromatic heterocycles. The van der Waals surface area contributed by atoms with E-state index >= 15 is 0 Å². The van der Waals surface area contributed by atoms with Crippen molar-refractivity contribution >= 4 is 5.97 Å². The smallest absolute Gasteiger partial charge is 0.306 e. The Bertz CT molecular complexity index is 1090. The maximum absolute atomic E-state index is 12.2. The van der Waals surface area contributed by atoms with Crippen LogP contribution in [-0.4, -0.2) is 37.0 Å². The Kier molecular flexibility index (Phi) is 39.8. The van der Waals surface area contributed by atoms with Gasteiger partial charge in [-0.15, -0.1) is 0 Å². The molecule has 4 heteroatoms. The highest BCUT2D eigenvalue weighted by atomic mass is 16.6. The summed E-state index contributed by atoms with van der Waals surface area (Å²) in [6.45, 7) is 4.94. The van der Waals surface area contributed by atoms with Crippen LogP contribution in [0.1, 0.15) is 129 Å². The standard InChI is InChI=1S/C47H72O4/c1-3-5-7-9-11-13-15-17-19-21-22-23-24-25-27-29-31-33-35-37-39-41-43-50-45-46(44-48)51-47(49)42-40-38-36-34-32-30-28-26-20-18-16-14-12-10-8-6-4-2/h5-8,11-14,17-20,22-23,25,27-28,30-31,33-34,36,46,48H,3-4,9-10,15-16,21,24,26,29,32,35,37-45H2,1-2H3/b7-5-,8-6-,13-11-,14-12-,19-17-,20-18-,23-22-,27-25-,30-28-,33-31-,36-34-. The van der Waals surface area contributed by atoms with E-state index in [1.54, 1.807) is 0 Å². The topological polar surface area (TPSA) is 55.8 Å². The Morgan fingerprint density at radius 1 is 0.471 bits per heavy atom. The Morgan fingerprint density at radius 2 is 0.824 bits per heavy atom. The Labute approximate surface area is 313 Å². The summed E-state index contributed by atoms with van der Waals surface area (Å²) in [6, 6.07) is 0. The molecule has 0 saturated carbocycles. The van der Waals surface area contributed by atoms with Gasteiger partial charge >= 0.3 is 5.97 Å². The van der Waals surface area contributed by atoms with Gasteiger partial charge in [0.15, 0.2) is 0 Å². The van der Waals surface area contributed by atoms with E-state index in [0.29, 0.717) is 13.0 Å². The molecular weight excluding hydrogens is 629 g/mol. The maximum Gasteiger partial charge on any atom is 0.306 e. The molecule has 0 aromatic rings. The minimum Gasteiger partial charge on any atom is -0.457 e. The predicted octanol–water partition coefficient (Wildman–Crippen LogP) is 13.1. The molecule has 1 atom stereocenters. The van der Waals surface area contributed by atoms with Gasteiger partial charge in [0.1, 0.15) is 6.10 Å². The van der Waals surface area contributed by atoms with Crippen LogP contribution >= 0.6 is 0 Å². The van der Waals surface area contributed by atoms with E-state index in [9.17, 15) is 9.90 Å². The monoisotopic (exact) mass is 701 g/mol.